The van der Waals surface area contributed by atoms with E-state index in [0.29, 0.717) is 23.4 Å². The van der Waals surface area contributed by atoms with Gasteiger partial charge in [-0.3, -0.25) is 19.8 Å². The summed E-state index contributed by atoms with van der Waals surface area (Å²) in [5.41, 5.74) is 2.53. The number of allylic oxidation sites excluding steroid dienone is 2. The minimum Gasteiger partial charge on any atom is -0.508 e. The number of phenols is 1. The van der Waals surface area contributed by atoms with Gasteiger partial charge in [-0.1, -0.05) is 26.0 Å². The highest BCUT2D eigenvalue weighted by Gasteiger charge is 2.42. The Bertz CT molecular complexity index is 916. The Morgan fingerprint density at radius 2 is 1.79 bits per heavy atom. The van der Waals surface area contributed by atoms with Crippen molar-refractivity contribution in [3.63, 3.8) is 0 Å². The Balaban J connectivity index is 1.94. The molecular weight excluding hydrogens is 306 g/mol. The summed E-state index contributed by atoms with van der Waals surface area (Å²) >= 11 is 0. The molecule has 1 aliphatic carbocycles. The van der Waals surface area contributed by atoms with Crippen molar-refractivity contribution >= 4 is 11.6 Å². The fraction of sp³-hybridized carbons (Fsp3) is 0.333. The van der Waals surface area contributed by atoms with Crippen molar-refractivity contribution in [2.75, 3.05) is 5.32 Å². The number of hydrogen-bond donors (Lipinski definition) is 4. The van der Waals surface area contributed by atoms with E-state index in [1.54, 1.807) is 24.3 Å². The normalized spacial score (nSPS) is 21.9. The Hall–Kier alpha value is -2.76. The molecule has 2 heterocycles. The molecular formula is C18H19N3O3. The largest absolute Gasteiger partial charge is 0.508 e. The highest BCUT2D eigenvalue weighted by molar-refractivity contribution is 6.01. The van der Waals surface area contributed by atoms with E-state index in [2.05, 4.69) is 29.4 Å². The molecule has 4 rings (SSSR count). The molecule has 1 atom stereocenters. The fourth-order valence-electron chi connectivity index (χ4n) is 3.82. The first kappa shape index (κ1) is 14.8. The van der Waals surface area contributed by atoms with Gasteiger partial charge < -0.3 is 10.4 Å². The van der Waals surface area contributed by atoms with Gasteiger partial charge in [0.05, 0.1) is 5.56 Å². The number of nitrogens with one attached hydrogen (secondary N) is 3. The van der Waals surface area contributed by atoms with Crippen molar-refractivity contribution < 1.29 is 9.90 Å². The molecule has 2 aromatic rings. The Morgan fingerprint density at radius 1 is 1.08 bits per heavy atom. The molecule has 0 spiro atoms. The Labute approximate surface area is 138 Å². The number of hydrogen-bond acceptors (Lipinski definition) is 4. The minimum atomic E-state index is -0.421. The first-order valence-corrected chi connectivity index (χ1v) is 7.98. The van der Waals surface area contributed by atoms with Gasteiger partial charge in [0.2, 0.25) is 0 Å². The van der Waals surface area contributed by atoms with E-state index in [-0.39, 0.29) is 22.5 Å². The zero-order chi connectivity index (χ0) is 17.1. The number of Topliss-reactive ketones (excluding diaryl/α,β-unsaturated/α-hetero) is 1. The van der Waals surface area contributed by atoms with Crippen molar-refractivity contribution in [1.82, 2.24) is 10.2 Å². The topological polar surface area (TPSA) is 98.0 Å². The highest BCUT2D eigenvalue weighted by Crippen LogP contribution is 2.47. The van der Waals surface area contributed by atoms with Crippen LogP contribution in [0.3, 0.4) is 0 Å². The third-order valence-corrected chi connectivity index (χ3v) is 4.81. The monoisotopic (exact) mass is 325 g/mol. The number of H-pyrrole nitrogens is 2. The zero-order valence-corrected chi connectivity index (χ0v) is 13.6. The molecule has 0 saturated carbocycles. The molecule has 1 aliphatic heterocycles. The number of phenolic OH excluding ortho intramolecular Hbond substituents is 1. The van der Waals surface area contributed by atoms with Crippen LogP contribution in [0.4, 0.5) is 5.82 Å². The second-order valence-corrected chi connectivity index (χ2v) is 7.35. The lowest BCUT2D eigenvalue weighted by Crippen LogP contribution is -2.34. The first-order chi connectivity index (χ1) is 11.4. The zero-order valence-electron chi connectivity index (χ0n) is 13.6. The second kappa shape index (κ2) is 4.87. The van der Waals surface area contributed by atoms with Crippen molar-refractivity contribution in [1.29, 1.82) is 0 Å². The maximum Gasteiger partial charge on any atom is 0.270 e. The van der Waals surface area contributed by atoms with Crippen LogP contribution in [0.25, 0.3) is 0 Å². The lowest BCUT2D eigenvalue weighted by Gasteiger charge is -2.37. The molecule has 6 nitrogen and oxygen atoms in total. The molecule has 124 valence electrons. The maximum absolute atomic E-state index is 12.9. The predicted octanol–water partition coefficient (Wildman–Crippen LogP) is 2.61. The second-order valence-electron chi connectivity index (χ2n) is 7.35. The van der Waals surface area contributed by atoms with Crippen LogP contribution in [0.1, 0.15) is 43.7 Å². The van der Waals surface area contributed by atoms with Crippen molar-refractivity contribution in [2.24, 2.45) is 5.41 Å². The van der Waals surface area contributed by atoms with Gasteiger partial charge in [-0.05, 0) is 29.5 Å². The Kier molecular flexibility index (Phi) is 3.00. The molecule has 0 fully saturated rings. The maximum atomic E-state index is 12.9. The van der Waals surface area contributed by atoms with Crippen LogP contribution in [0.15, 0.2) is 40.3 Å². The summed E-state index contributed by atoms with van der Waals surface area (Å²) in [6.45, 7) is 4.14. The number of carbonyl (C=O) groups is 1. The molecule has 6 heteroatoms. The van der Waals surface area contributed by atoms with Gasteiger partial charge in [-0.15, -0.1) is 0 Å². The van der Waals surface area contributed by atoms with E-state index in [1.165, 1.54) is 0 Å². The van der Waals surface area contributed by atoms with Gasteiger partial charge in [0.25, 0.3) is 5.56 Å². The van der Waals surface area contributed by atoms with Crippen molar-refractivity contribution in [3.05, 3.63) is 57.0 Å². The molecule has 1 aromatic heterocycles. The van der Waals surface area contributed by atoms with E-state index in [4.69, 9.17) is 0 Å². The average molecular weight is 325 g/mol. The Morgan fingerprint density at radius 3 is 2.50 bits per heavy atom. The number of aromatic amines is 2. The quantitative estimate of drug-likeness (QED) is 0.648. The van der Waals surface area contributed by atoms with Crippen LogP contribution in [-0.2, 0) is 4.79 Å². The summed E-state index contributed by atoms with van der Waals surface area (Å²) in [5, 5.41) is 18.3. The SMILES string of the molecule is CC1(C)CC(=O)C2=C(C1)Nc1[nH][nH]c(=O)c1C2c1ccc(O)cc1. The standard InChI is InChI=1S/C18H19N3O3/c1-18(2)7-11-14(12(23)8-18)13(9-3-5-10(22)6-4-9)15-16(19-11)20-21-17(15)24/h3-6,13,22H,7-8H2,1-2H3,(H3,19,20,21,24). The van der Waals surface area contributed by atoms with Gasteiger partial charge in [-0.25, -0.2) is 0 Å². The van der Waals surface area contributed by atoms with Gasteiger partial charge in [-0.2, -0.15) is 0 Å². The third kappa shape index (κ3) is 2.18. The lowest BCUT2D eigenvalue weighted by atomic mass is 9.69. The van der Waals surface area contributed by atoms with Crippen LogP contribution in [-0.4, -0.2) is 21.1 Å². The first-order valence-electron chi connectivity index (χ1n) is 7.98. The van der Waals surface area contributed by atoms with Crippen LogP contribution in [0.2, 0.25) is 0 Å². The number of carbonyl (C=O) groups excluding carboxylic acids is 1. The molecule has 0 saturated heterocycles. The average Bonchev–Trinajstić information content (AvgIpc) is 2.86. The van der Waals surface area contributed by atoms with Gasteiger partial charge in [0.1, 0.15) is 11.6 Å². The molecule has 0 bridgehead atoms. The summed E-state index contributed by atoms with van der Waals surface area (Å²) in [5.74, 6) is 0.414. The van der Waals surface area contributed by atoms with E-state index < -0.39 is 5.92 Å². The fourth-order valence-corrected chi connectivity index (χ4v) is 3.82. The lowest BCUT2D eigenvalue weighted by molar-refractivity contribution is -0.118. The molecule has 1 aromatic carbocycles. The van der Waals surface area contributed by atoms with Crippen molar-refractivity contribution in [2.45, 2.75) is 32.6 Å². The van der Waals surface area contributed by atoms with E-state index in [9.17, 15) is 14.7 Å². The minimum absolute atomic E-state index is 0.0677. The molecule has 24 heavy (non-hydrogen) atoms. The molecule has 4 N–H and O–H groups in total. The van der Waals surface area contributed by atoms with Gasteiger partial charge in [0.15, 0.2) is 5.78 Å². The summed E-state index contributed by atoms with van der Waals surface area (Å²) in [7, 11) is 0. The number of ketones is 1. The number of aromatic nitrogens is 2. The third-order valence-electron chi connectivity index (χ3n) is 4.81. The molecule has 0 amide bonds. The number of aromatic hydroxyl groups is 1. The molecule has 0 radical (unpaired) electrons. The van der Waals surface area contributed by atoms with Gasteiger partial charge >= 0.3 is 0 Å². The highest BCUT2D eigenvalue weighted by atomic mass is 16.3. The molecule has 2 aliphatic rings. The van der Waals surface area contributed by atoms with Gasteiger partial charge in [0, 0.05) is 23.6 Å². The molecule has 1 unspecified atom stereocenters. The van der Waals surface area contributed by atoms with Crippen molar-refractivity contribution in [3.8, 4) is 5.75 Å². The number of benzene rings is 1. The summed E-state index contributed by atoms with van der Waals surface area (Å²) in [4.78, 5) is 25.2. The summed E-state index contributed by atoms with van der Waals surface area (Å²) < 4.78 is 0. The predicted molar refractivity (Wildman–Crippen MR) is 90.0 cm³/mol. The van der Waals surface area contributed by atoms with Crippen LogP contribution < -0.4 is 10.9 Å². The van der Waals surface area contributed by atoms with Crippen LogP contribution >= 0.6 is 0 Å². The number of anilines is 1. The van der Waals surface area contributed by atoms with Crippen LogP contribution in [0, 0.1) is 5.41 Å². The number of rotatable bonds is 1. The van der Waals surface area contributed by atoms with E-state index in [1.807, 2.05) is 0 Å². The smallest absolute Gasteiger partial charge is 0.270 e. The summed E-state index contributed by atoms with van der Waals surface area (Å²) in [6, 6.07) is 6.68. The number of fused-ring (bicyclic) bond motifs is 1. The van der Waals surface area contributed by atoms with Crippen LogP contribution in [0.5, 0.6) is 5.75 Å². The summed E-state index contributed by atoms with van der Waals surface area (Å²) in [6.07, 6.45) is 1.20. The van der Waals surface area contributed by atoms with E-state index >= 15 is 0 Å². The van der Waals surface area contributed by atoms with E-state index in [0.717, 1.165) is 17.7 Å².